The Labute approximate surface area is 127 Å². The summed E-state index contributed by atoms with van der Waals surface area (Å²) in [4.78, 5) is 0. The van der Waals surface area contributed by atoms with Crippen LogP contribution in [0.2, 0.25) is 5.02 Å². The van der Waals surface area contributed by atoms with Gasteiger partial charge >= 0.3 is 0 Å². The average Bonchev–Trinajstić information content (AvgIpc) is 2.44. The molecule has 0 heterocycles. The second kappa shape index (κ2) is 6.87. The van der Waals surface area contributed by atoms with Crippen LogP contribution in [0.5, 0.6) is 11.5 Å². The molecule has 0 aliphatic heterocycles. The van der Waals surface area contributed by atoms with Gasteiger partial charge in [-0.25, -0.2) is 8.78 Å². The number of hydrogen-bond donors (Lipinski definition) is 1. The summed E-state index contributed by atoms with van der Waals surface area (Å²) in [5.41, 5.74) is 6.65. The van der Waals surface area contributed by atoms with E-state index in [0.717, 1.165) is 18.1 Å². The second-order valence-electron chi connectivity index (χ2n) is 4.81. The molecule has 2 aromatic rings. The van der Waals surface area contributed by atoms with Crippen molar-refractivity contribution in [3.63, 3.8) is 0 Å². The standard InChI is InChI=1S/C16H16ClF2NO/c1-2-12(20)7-10-3-5-16(14(19)8-10)21-15-6-4-11(18)9-13(15)17/h3-6,8-9,12H,2,7,20H2,1H3. The maximum Gasteiger partial charge on any atom is 0.165 e. The number of rotatable bonds is 5. The van der Waals surface area contributed by atoms with E-state index >= 15 is 0 Å². The largest absolute Gasteiger partial charge is 0.453 e. The highest BCUT2D eigenvalue weighted by Gasteiger charge is 2.10. The van der Waals surface area contributed by atoms with Crippen molar-refractivity contribution in [1.82, 2.24) is 0 Å². The van der Waals surface area contributed by atoms with Crippen molar-refractivity contribution in [2.24, 2.45) is 5.73 Å². The summed E-state index contributed by atoms with van der Waals surface area (Å²) in [5.74, 6) is -0.736. The zero-order chi connectivity index (χ0) is 15.4. The Balaban J connectivity index is 2.17. The molecule has 2 rings (SSSR count). The van der Waals surface area contributed by atoms with E-state index in [1.54, 1.807) is 6.07 Å². The lowest BCUT2D eigenvalue weighted by molar-refractivity contribution is 0.440. The third-order valence-corrected chi connectivity index (χ3v) is 3.43. The molecule has 0 radical (unpaired) electrons. The average molecular weight is 312 g/mol. The molecule has 0 spiro atoms. The lowest BCUT2D eigenvalue weighted by atomic mass is 10.0. The van der Waals surface area contributed by atoms with Crippen molar-refractivity contribution in [3.8, 4) is 11.5 Å². The molecular weight excluding hydrogens is 296 g/mol. The number of benzene rings is 2. The van der Waals surface area contributed by atoms with Crippen LogP contribution < -0.4 is 10.5 Å². The maximum atomic E-state index is 14.0. The molecule has 0 aliphatic carbocycles. The highest BCUT2D eigenvalue weighted by Crippen LogP contribution is 2.31. The molecule has 0 aromatic heterocycles. The van der Waals surface area contributed by atoms with Crippen LogP contribution in [-0.2, 0) is 6.42 Å². The molecule has 0 saturated carbocycles. The third kappa shape index (κ3) is 4.16. The Hall–Kier alpha value is -1.65. The minimum Gasteiger partial charge on any atom is -0.453 e. The van der Waals surface area contributed by atoms with Crippen LogP contribution in [0.25, 0.3) is 0 Å². The van der Waals surface area contributed by atoms with Crippen LogP contribution in [0.4, 0.5) is 8.78 Å². The quantitative estimate of drug-likeness (QED) is 0.869. The topological polar surface area (TPSA) is 35.2 Å². The van der Waals surface area contributed by atoms with Crippen LogP contribution in [0, 0.1) is 11.6 Å². The van der Waals surface area contributed by atoms with Gasteiger partial charge in [-0.15, -0.1) is 0 Å². The summed E-state index contributed by atoms with van der Waals surface area (Å²) in [6.45, 7) is 1.98. The molecule has 2 aromatic carbocycles. The number of hydrogen-bond acceptors (Lipinski definition) is 2. The summed E-state index contributed by atoms with van der Waals surface area (Å²) in [7, 11) is 0. The van der Waals surface area contributed by atoms with E-state index in [4.69, 9.17) is 22.1 Å². The molecule has 2 N–H and O–H groups in total. The number of halogens is 3. The predicted molar refractivity (Wildman–Crippen MR) is 79.9 cm³/mol. The van der Waals surface area contributed by atoms with E-state index in [-0.39, 0.29) is 22.6 Å². The van der Waals surface area contributed by atoms with Gasteiger partial charge in [0.2, 0.25) is 0 Å². The lowest BCUT2D eigenvalue weighted by Crippen LogP contribution is -2.21. The van der Waals surface area contributed by atoms with E-state index in [2.05, 4.69) is 0 Å². The van der Waals surface area contributed by atoms with Gasteiger partial charge in [0, 0.05) is 6.04 Å². The van der Waals surface area contributed by atoms with Gasteiger partial charge in [0.1, 0.15) is 11.6 Å². The Morgan fingerprint density at radius 3 is 2.48 bits per heavy atom. The van der Waals surface area contributed by atoms with Crippen LogP contribution in [0.15, 0.2) is 36.4 Å². The minimum absolute atomic E-state index is 0.00251. The van der Waals surface area contributed by atoms with Crippen LogP contribution in [0.3, 0.4) is 0 Å². The molecule has 0 aliphatic rings. The van der Waals surface area contributed by atoms with E-state index in [9.17, 15) is 8.78 Å². The highest BCUT2D eigenvalue weighted by atomic mass is 35.5. The summed E-state index contributed by atoms with van der Waals surface area (Å²) >= 11 is 5.85. The van der Waals surface area contributed by atoms with Gasteiger partial charge in [0.25, 0.3) is 0 Å². The van der Waals surface area contributed by atoms with Gasteiger partial charge in [-0.05, 0) is 48.7 Å². The predicted octanol–water partition coefficient (Wildman–Crippen LogP) is 4.69. The van der Waals surface area contributed by atoms with E-state index in [0.29, 0.717) is 6.42 Å². The molecule has 1 atom stereocenters. The molecule has 0 amide bonds. The molecule has 2 nitrogen and oxygen atoms in total. The summed E-state index contributed by atoms with van der Waals surface area (Å²) in [6, 6.07) is 8.35. The smallest absolute Gasteiger partial charge is 0.165 e. The molecule has 0 fully saturated rings. The summed E-state index contributed by atoms with van der Waals surface area (Å²) < 4.78 is 32.3. The van der Waals surface area contributed by atoms with Crippen LogP contribution >= 0.6 is 11.6 Å². The molecule has 112 valence electrons. The molecule has 21 heavy (non-hydrogen) atoms. The van der Waals surface area contributed by atoms with Gasteiger partial charge in [-0.1, -0.05) is 24.6 Å². The van der Waals surface area contributed by atoms with Gasteiger partial charge in [0.05, 0.1) is 5.02 Å². The lowest BCUT2D eigenvalue weighted by Gasteiger charge is -2.12. The van der Waals surface area contributed by atoms with Gasteiger partial charge < -0.3 is 10.5 Å². The Morgan fingerprint density at radius 1 is 1.14 bits per heavy atom. The fourth-order valence-electron chi connectivity index (χ4n) is 1.88. The van der Waals surface area contributed by atoms with Crippen molar-refractivity contribution in [2.45, 2.75) is 25.8 Å². The number of ether oxygens (including phenoxy) is 1. The van der Waals surface area contributed by atoms with Gasteiger partial charge in [0.15, 0.2) is 11.6 Å². The first-order valence-electron chi connectivity index (χ1n) is 6.66. The molecule has 5 heteroatoms. The molecule has 1 unspecified atom stereocenters. The monoisotopic (exact) mass is 311 g/mol. The molecular formula is C16H16ClF2NO. The van der Waals surface area contributed by atoms with Crippen LogP contribution in [0.1, 0.15) is 18.9 Å². The second-order valence-corrected chi connectivity index (χ2v) is 5.22. The van der Waals surface area contributed by atoms with Crippen molar-refractivity contribution < 1.29 is 13.5 Å². The minimum atomic E-state index is -0.504. The van der Waals surface area contributed by atoms with Crippen LogP contribution in [-0.4, -0.2) is 6.04 Å². The fourth-order valence-corrected chi connectivity index (χ4v) is 2.08. The van der Waals surface area contributed by atoms with E-state index in [1.165, 1.54) is 24.3 Å². The Bertz CT molecular complexity index is 634. The van der Waals surface area contributed by atoms with E-state index < -0.39 is 11.6 Å². The maximum absolute atomic E-state index is 14.0. The summed E-state index contributed by atoms with van der Waals surface area (Å²) in [6.07, 6.45) is 1.43. The number of nitrogens with two attached hydrogens (primary N) is 1. The molecule has 0 saturated heterocycles. The zero-order valence-corrected chi connectivity index (χ0v) is 12.3. The van der Waals surface area contributed by atoms with Gasteiger partial charge in [-0.2, -0.15) is 0 Å². The van der Waals surface area contributed by atoms with Crippen molar-refractivity contribution in [2.75, 3.05) is 0 Å². The first-order valence-corrected chi connectivity index (χ1v) is 7.04. The first kappa shape index (κ1) is 15.7. The third-order valence-electron chi connectivity index (χ3n) is 3.13. The fraction of sp³-hybridized carbons (Fsp3) is 0.250. The van der Waals surface area contributed by atoms with E-state index in [1.807, 2.05) is 6.92 Å². The van der Waals surface area contributed by atoms with Gasteiger partial charge in [-0.3, -0.25) is 0 Å². The zero-order valence-electron chi connectivity index (χ0n) is 11.6. The van der Waals surface area contributed by atoms with Crippen molar-refractivity contribution >= 4 is 11.6 Å². The summed E-state index contributed by atoms with van der Waals surface area (Å²) in [5, 5.41) is 0.0893. The Morgan fingerprint density at radius 2 is 1.86 bits per heavy atom. The van der Waals surface area contributed by atoms with Crippen molar-refractivity contribution in [3.05, 3.63) is 58.6 Å². The first-order chi connectivity index (χ1) is 9.99. The van der Waals surface area contributed by atoms with Crippen molar-refractivity contribution in [1.29, 1.82) is 0 Å². The molecule has 0 bridgehead atoms. The SMILES string of the molecule is CCC(N)Cc1ccc(Oc2ccc(F)cc2Cl)c(F)c1. The normalized spacial score (nSPS) is 12.2. The Kier molecular flexibility index (Phi) is 5.15. The highest BCUT2D eigenvalue weighted by molar-refractivity contribution is 6.32.